The maximum atomic E-state index is 10.6. The highest BCUT2D eigenvalue weighted by molar-refractivity contribution is 7.14. The molecule has 0 aliphatic heterocycles. The first kappa shape index (κ1) is 11.8. The van der Waals surface area contributed by atoms with Gasteiger partial charge in [0.05, 0.1) is 0 Å². The lowest BCUT2D eigenvalue weighted by molar-refractivity contribution is 0.0690. The smallest absolute Gasteiger partial charge is 0.354 e. The summed E-state index contributed by atoms with van der Waals surface area (Å²) >= 11 is 7.09. The lowest BCUT2D eigenvalue weighted by atomic mass is 10.2. The molecule has 0 bridgehead atoms. The Hall–Kier alpha value is -1.66. The predicted octanol–water partition coefficient (Wildman–Crippen LogP) is 2.50. The van der Waals surface area contributed by atoms with Crippen molar-refractivity contribution in [1.29, 1.82) is 0 Å². The van der Waals surface area contributed by atoms with Crippen LogP contribution in [0.4, 0.5) is 5.13 Å². The number of aromatic nitrogens is 2. The largest absolute Gasteiger partial charge is 0.477 e. The van der Waals surface area contributed by atoms with Gasteiger partial charge < -0.3 is 10.4 Å². The van der Waals surface area contributed by atoms with Crippen molar-refractivity contribution in [3.8, 4) is 0 Å². The minimum absolute atomic E-state index is 0.0334. The molecule has 7 heteroatoms. The maximum Gasteiger partial charge on any atom is 0.354 e. The first-order valence-corrected chi connectivity index (χ1v) is 5.94. The van der Waals surface area contributed by atoms with E-state index in [2.05, 4.69) is 15.3 Å². The number of hydrogen-bond donors (Lipinski definition) is 2. The second-order valence-corrected chi connectivity index (χ2v) is 4.43. The number of thiazole rings is 1. The van der Waals surface area contributed by atoms with Crippen molar-refractivity contribution in [3.63, 3.8) is 0 Å². The third-order valence-corrected chi connectivity index (χ3v) is 3.09. The van der Waals surface area contributed by atoms with Gasteiger partial charge in [0.25, 0.3) is 0 Å². The van der Waals surface area contributed by atoms with Gasteiger partial charge in [-0.15, -0.1) is 11.3 Å². The van der Waals surface area contributed by atoms with Gasteiger partial charge in [-0.05, 0) is 11.6 Å². The van der Waals surface area contributed by atoms with Crippen molar-refractivity contribution in [1.82, 2.24) is 9.97 Å². The van der Waals surface area contributed by atoms with E-state index in [0.717, 1.165) is 10.7 Å². The van der Waals surface area contributed by atoms with Crippen LogP contribution < -0.4 is 5.32 Å². The summed E-state index contributed by atoms with van der Waals surface area (Å²) in [5.74, 6) is -1.03. The maximum absolute atomic E-state index is 10.6. The standard InChI is InChI=1S/C10H8ClN3O2S/c11-8-5-17-10(14-8)13-4-6-1-2-7(9(15)16)12-3-6/h1-3,5H,4H2,(H,13,14)(H,15,16). The first-order valence-electron chi connectivity index (χ1n) is 4.68. The van der Waals surface area contributed by atoms with Crippen LogP contribution in [0.3, 0.4) is 0 Å². The molecule has 5 nitrogen and oxygen atoms in total. The third kappa shape index (κ3) is 3.15. The van der Waals surface area contributed by atoms with E-state index in [1.807, 2.05) is 0 Å². The van der Waals surface area contributed by atoms with E-state index in [0.29, 0.717) is 11.7 Å². The Morgan fingerprint density at radius 3 is 2.88 bits per heavy atom. The Balaban J connectivity index is 1.97. The molecule has 0 amide bonds. The van der Waals surface area contributed by atoms with E-state index < -0.39 is 5.97 Å². The summed E-state index contributed by atoms with van der Waals surface area (Å²) in [6, 6.07) is 3.17. The third-order valence-electron chi connectivity index (χ3n) is 1.96. The number of nitrogens with zero attached hydrogens (tertiary/aromatic N) is 2. The van der Waals surface area contributed by atoms with E-state index in [1.165, 1.54) is 23.6 Å². The summed E-state index contributed by atoms with van der Waals surface area (Å²) in [7, 11) is 0. The van der Waals surface area contributed by atoms with Crippen molar-refractivity contribution in [3.05, 3.63) is 40.1 Å². The lowest BCUT2D eigenvalue weighted by Gasteiger charge is -2.02. The van der Waals surface area contributed by atoms with Crippen LogP contribution in [0.2, 0.25) is 5.15 Å². The van der Waals surface area contributed by atoms with E-state index in [-0.39, 0.29) is 5.69 Å². The van der Waals surface area contributed by atoms with Crippen LogP contribution in [0, 0.1) is 0 Å². The molecule has 2 aromatic rings. The average Bonchev–Trinajstić information content (AvgIpc) is 2.73. The van der Waals surface area contributed by atoms with E-state index >= 15 is 0 Å². The molecule has 17 heavy (non-hydrogen) atoms. The highest BCUT2D eigenvalue weighted by atomic mass is 35.5. The normalized spacial score (nSPS) is 10.2. The number of rotatable bonds is 4. The molecule has 0 saturated heterocycles. The Labute approximate surface area is 106 Å². The zero-order chi connectivity index (χ0) is 12.3. The van der Waals surface area contributed by atoms with Gasteiger partial charge in [-0.25, -0.2) is 14.8 Å². The molecule has 0 fully saturated rings. The van der Waals surface area contributed by atoms with E-state index in [9.17, 15) is 4.79 Å². The molecule has 2 aromatic heterocycles. The molecule has 2 heterocycles. The number of pyridine rings is 1. The minimum atomic E-state index is -1.03. The fourth-order valence-electron chi connectivity index (χ4n) is 1.17. The number of hydrogen-bond acceptors (Lipinski definition) is 5. The number of halogens is 1. The molecule has 2 rings (SSSR count). The summed E-state index contributed by atoms with van der Waals surface area (Å²) in [5, 5.41) is 14.7. The van der Waals surface area contributed by atoms with Crippen molar-refractivity contribution >= 4 is 34.0 Å². The molecule has 0 aromatic carbocycles. The topological polar surface area (TPSA) is 75.1 Å². The zero-order valence-corrected chi connectivity index (χ0v) is 10.1. The average molecular weight is 270 g/mol. The van der Waals surface area contributed by atoms with Crippen molar-refractivity contribution < 1.29 is 9.90 Å². The number of anilines is 1. The van der Waals surface area contributed by atoms with Gasteiger partial charge in [0.1, 0.15) is 10.8 Å². The van der Waals surface area contributed by atoms with Gasteiger partial charge >= 0.3 is 5.97 Å². The van der Waals surface area contributed by atoms with Gasteiger partial charge in [-0.1, -0.05) is 17.7 Å². The summed E-state index contributed by atoms with van der Waals surface area (Å²) in [5.41, 5.74) is 0.910. The molecule has 0 unspecified atom stereocenters. The Bertz CT molecular complexity index is 527. The highest BCUT2D eigenvalue weighted by Crippen LogP contribution is 2.19. The van der Waals surface area contributed by atoms with Gasteiger partial charge in [0.2, 0.25) is 0 Å². The first-order chi connectivity index (χ1) is 8.15. The van der Waals surface area contributed by atoms with Gasteiger partial charge in [-0.2, -0.15) is 0 Å². The molecule has 0 aliphatic carbocycles. The van der Waals surface area contributed by atoms with Gasteiger partial charge in [-0.3, -0.25) is 0 Å². The number of carboxylic acid groups (broad SMARTS) is 1. The minimum Gasteiger partial charge on any atom is -0.477 e. The van der Waals surface area contributed by atoms with E-state index in [4.69, 9.17) is 16.7 Å². The molecule has 88 valence electrons. The monoisotopic (exact) mass is 269 g/mol. The van der Waals surface area contributed by atoms with Crippen LogP contribution in [0.15, 0.2) is 23.7 Å². The molecule has 0 saturated carbocycles. The molecule has 2 N–H and O–H groups in total. The second kappa shape index (κ2) is 5.11. The highest BCUT2D eigenvalue weighted by Gasteiger charge is 2.04. The Kier molecular flexibility index (Phi) is 3.55. The lowest BCUT2D eigenvalue weighted by Crippen LogP contribution is -2.03. The summed E-state index contributed by atoms with van der Waals surface area (Å²) in [4.78, 5) is 18.4. The van der Waals surface area contributed by atoms with Crippen LogP contribution in [0.25, 0.3) is 0 Å². The van der Waals surface area contributed by atoms with Gasteiger partial charge in [0, 0.05) is 18.1 Å². The zero-order valence-electron chi connectivity index (χ0n) is 8.55. The van der Waals surface area contributed by atoms with Crippen molar-refractivity contribution in [2.45, 2.75) is 6.54 Å². The molecular weight excluding hydrogens is 262 g/mol. The number of aromatic carboxylic acids is 1. The fourth-order valence-corrected chi connectivity index (χ4v) is 2.00. The van der Waals surface area contributed by atoms with Crippen LogP contribution in [0.1, 0.15) is 16.1 Å². The Morgan fingerprint density at radius 1 is 1.53 bits per heavy atom. The van der Waals surface area contributed by atoms with E-state index in [1.54, 1.807) is 11.4 Å². The van der Waals surface area contributed by atoms with Gasteiger partial charge in [0.15, 0.2) is 5.13 Å². The summed E-state index contributed by atoms with van der Waals surface area (Å²) in [6.07, 6.45) is 1.52. The van der Waals surface area contributed by atoms with Crippen LogP contribution >= 0.6 is 22.9 Å². The molecule has 0 aliphatic rings. The summed E-state index contributed by atoms with van der Waals surface area (Å²) in [6.45, 7) is 0.525. The molecule has 0 spiro atoms. The Morgan fingerprint density at radius 2 is 2.35 bits per heavy atom. The molecular formula is C10H8ClN3O2S. The van der Waals surface area contributed by atoms with Crippen LogP contribution in [0.5, 0.6) is 0 Å². The van der Waals surface area contributed by atoms with Crippen LogP contribution in [-0.2, 0) is 6.54 Å². The fraction of sp³-hybridized carbons (Fsp3) is 0.100. The number of carbonyl (C=O) groups is 1. The van der Waals surface area contributed by atoms with Crippen LogP contribution in [-0.4, -0.2) is 21.0 Å². The van der Waals surface area contributed by atoms with Crippen molar-refractivity contribution in [2.75, 3.05) is 5.32 Å². The molecule has 0 atom stereocenters. The second-order valence-electron chi connectivity index (χ2n) is 3.19. The number of carboxylic acids is 1. The molecule has 0 radical (unpaired) electrons. The SMILES string of the molecule is O=C(O)c1ccc(CNc2nc(Cl)cs2)cn1. The summed E-state index contributed by atoms with van der Waals surface area (Å²) < 4.78 is 0. The van der Waals surface area contributed by atoms with Crippen molar-refractivity contribution in [2.24, 2.45) is 0 Å². The quantitative estimate of drug-likeness (QED) is 0.892. The predicted molar refractivity (Wildman–Crippen MR) is 65.6 cm³/mol. The number of nitrogens with one attached hydrogen (secondary N) is 1.